The Morgan fingerprint density at radius 3 is 2.58 bits per heavy atom. The number of benzene rings is 3. The third kappa shape index (κ3) is 6.98. The molecule has 1 fully saturated rings. The van der Waals surface area contributed by atoms with Crippen LogP contribution < -0.4 is 14.8 Å². The van der Waals surface area contributed by atoms with Gasteiger partial charge in [-0.3, -0.25) is 14.5 Å². The number of hydrogen-bond acceptors (Lipinski definition) is 6. The average Bonchev–Trinajstić information content (AvgIpc) is 3.15. The number of anilines is 1. The first-order chi connectivity index (χ1) is 18.2. The third-order valence-electron chi connectivity index (χ3n) is 5.39. The number of thioether (sulfide) groups is 1. The van der Waals surface area contributed by atoms with Gasteiger partial charge in [0.25, 0.3) is 11.8 Å². The monoisotopic (exact) mass is 613 g/mol. The Labute approximate surface area is 239 Å². The maximum Gasteiger partial charge on any atom is 0.266 e. The fraction of sp³-hybridized carbons (Fsp3) is 0.179. The van der Waals surface area contributed by atoms with Crippen molar-refractivity contribution in [2.24, 2.45) is 4.99 Å². The molecule has 4 rings (SSSR count). The highest BCUT2D eigenvalue weighted by molar-refractivity contribution is 9.10. The molecule has 0 saturated carbocycles. The summed E-state index contributed by atoms with van der Waals surface area (Å²) in [6, 6.07) is 18.2. The minimum Gasteiger partial charge on any atom is -0.490 e. The standard InChI is InChI=1S/C28H25BrClN3O4S/c1-4-36-24-13-18(7-12-23(24)37-16-26(34)31-19-8-5-17(2)6-9-19)14-25-27(35)33(3)28(38-25)32-20-10-11-21(29)22(30)15-20/h5-15H,4,16H2,1-3H3,(H,31,34)/b25-14+,32-28?. The number of halogens is 2. The van der Waals surface area contributed by atoms with Crippen LogP contribution >= 0.6 is 39.3 Å². The van der Waals surface area contributed by atoms with E-state index in [1.54, 1.807) is 37.4 Å². The Bertz CT molecular complexity index is 1430. The number of amidine groups is 1. The fourth-order valence-electron chi connectivity index (χ4n) is 3.45. The van der Waals surface area contributed by atoms with Crippen LogP contribution in [0, 0.1) is 6.92 Å². The van der Waals surface area contributed by atoms with Crippen molar-refractivity contribution in [3.63, 3.8) is 0 Å². The predicted octanol–water partition coefficient (Wildman–Crippen LogP) is 7.06. The predicted molar refractivity (Wildman–Crippen MR) is 157 cm³/mol. The summed E-state index contributed by atoms with van der Waals surface area (Å²) in [7, 11) is 1.68. The van der Waals surface area contributed by atoms with Crippen LogP contribution in [-0.4, -0.2) is 42.1 Å². The van der Waals surface area contributed by atoms with E-state index in [-0.39, 0.29) is 18.4 Å². The van der Waals surface area contributed by atoms with Gasteiger partial charge in [-0.1, -0.05) is 35.4 Å². The Hall–Kier alpha value is -3.27. The van der Waals surface area contributed by atoms with Gasteiger partial charge in [0.15, 0.2) is 23.3 Å². The molecular weight excluding hydrogens is 590 g/mol. The van der Waals surface area contributed by atoms with E-state index in [0.717, 1.165) is 15.6 Å². The molecule has 1 heterocycles. The minimum absolute atomic E-state index is 0.164. The quantitative estimate of drug-likeness (QED) is 0.275. The van der Waals surface area contributed by atoms with Gasteiger partial charge in [0.2, 0.25) is 0 Å². The average molecular weight is 615 g/mol. The van der Waals surface area contributed by atoms with Crippen LogP contribution in [0.25, 0.3) is 6.08 Å². The summed E-state index contributed by atoms with van der Waals surface area (Å²) in [4.78, 5) is 31.8. The number of aryl methyl sites for hydroxylation is 1. The van der Waals surface area contributed by atoms with Gasteiger partial charge in [0.1, 0.15) is 0 Å². The number of carbonyl (C=O) groups is 2. The highest BCUT2D eigenvalue weighted by Gasteiger charge is 2.30. The number of nitrogens with zero attached hydrogens (tertiary/aromatic N) is 2. The molecule has 1 N–H and O–H groups in total. The lowest BCUT2D eigenvalue weighted by molar-refractivity contribution is -0.121. The number of amides is 2. The lowest BCUT2D eigenvalue weighted by atomic mass is 10.2. The van der Waals surface area contributed by atoms with Crippen LogP contribution in [0.3, 0.4) is 0 Å². The normalized spacial score (nSPS) is 15.3. The minimum atomic E-state index is -0.280. The van der Waals surface area contributed by atoms with E-state index in [1.807, 2.05) is 50.2 Å². The van der Waals surface area contributed by atoms with Gasteiger partial charge in [-0.05, 0) is 95.6 Å². The van der Waals surface area contributed by atoms with Crippen molar-refractivity contribution in [1.29, 1.82) is 0 Å². The highest BCUT2D eigenvalue weighted by atomic mass is 79.9. The topological polar surface area (TPSA) is 80.2 Å². The molecule has 0 radical (unpaired) electrons. The molecule has 1 saturated heterocycles. The highest BCUT2D eigenvalue weighted by Crippen LogP contribution is 2.36. The smallest absolute Gasteiger partial charge is 0.266 e. The third-order valence-corrected chi connectivity index (χ3v) is 7.68. The van der Waals surface area contributed by atoms with Crippen LogP contribution in [0.15, 0.2) is 75.0 Å². The number of nitrogens with one attached hydrogen (secondary N) is 1. The maximum atomic E-state index is 12.9. The van der Waals surface area contributed by atoms with Crippen LogP contribution in [0.5, 0.6) is 11.5 Å². The summed E-state index contributed by atoms with van der Waals surface area (Å²) in [5.74, 6) is 0.470. The second-order valence-electron chi connectivity index (χ2n) is 8.31. The number of ether oxygens (including phenoxy) is 2. The van der Waals surface area contributed by atoms with Crippen molar-refractivity contribution in [2.45, 2.75) is 13.8 Å². The van der Waals surface area contributed by atoms with E-state index in [9.17, 15) is 9.59 Å². The van der Waals surface area contributed by atoms with Crippen molar-refractivity contribution < 1.29 is 19.1 Å². The van der Waals surface area contributed by atoms with Gasteiger partial charge in [0, 0.05) is 17.2 Å². The van der Waals surface area contributed by atoms with Gasteiger partial charge in [-0.25, -0.2) is 4.99 Å². The first-order valence-corrected chi connectivity index (χ1v) is 13.7. The molecule has 196 valence electrons. The van der Waals surface area contributed by atoms with Crippen molar-refractivity contribution in [3.05, 3.63) is 86.2 Å². The van der Waals surface area contributed by atoms with Gasteiger partial charge in [0.05, 0.1) is 22.2 Å². The molecule has 0 atom stereocenters. The summed E-state index contributed by atoms with van der Waals surface area (Å²) < 4.78 is 12.3. The molecule has 10 heteroatoms. The molecule has 3 aromatic carbocycles. The molecule has 0 spiro atoms. The molecule has 7 nitrogen and oxygen atoms in total. The van der Waals surface area contributed by atoms with E-state index < -0.39 is 0 Å². The number of likely N-dealkylation sites (N-methyl/N-ethyl adjacent to an activating group) is 1. The van der Waals surface area contributed by atoms with E-state index in [4.69, 9.17) is 21.1 Å². The summed E-state index contributed by atoms with van der Waals surface area (Å²) in [5, 5.41) is 3.89. The zero-order chi connectivity index (χ0) is 27.2. The molecule has 1 aliphatic heterocycles. The molecule has 1 aliphatic rings. The molecular formula is C28H25BrClN3O4S. The first-order valence-electron chi connectivity index (χ1n) is 11.7. The van der Waals surface area contributed by atoms with E-state index in [2.05, 4.69) is 26.2 Å². The second-order valence-corrected chi connectivity index (χ2v) is 10.6. The first kappa shape index (κ1) is 27.8. The fourth-order valence-corrected chi connectivity index (χ4v) is 4.86. The molecule has 0 aliphatic carbocycles. The van der Waals surface area contributed by atoms with Crippen LogP contribution in [-0.2, 0) is 9.59 Å². The van der Waals surface area contributed by atoms with Crippen molar-refractivity contribution in [3.8, 4) is 11.5 Å². The summed E-state index contributed by atoms with van der Waals surface area (Å²) in [5.41, 5.74) is 3.21. The molecule has 2 amide bonds. The van der Waals surface area contributed by atoms with E-state index >= 15 is 0 Å². The van der Waals surface area contributed by atoms with Gasteiger partial charge in [-0.2, -0.15) is 0 Å². The number of rotatable bonds is 8. The van der Waals surface area contributed by atoms with Gasteiger partial charge < -0.3 is 14.8 Å². The van der Waals surface area contributed by atoms with Gasteiger partial charge in [-0.15, -0.1) is 0 Å². The summed E-state index contributed by atoms with van der Waals surface area (Å²) >= 11 is 10.8. The number of carbonyl (C=O) groups excluding carboxylic acids is 2. The van der Waals surface area contributed by atoms with Crippen LogP contribution in [0.4, 0.5) is 11.4 Å². The lowest BCUT2D eigenvalue weighted by Crippen LogP contribution is -2.23. The Morgan fingerprint density at radius 2 is 1.87 bits per heavy atom. The number of aliphatic imine (C=N–C) groups is 1. The van der Waals surface area contributed by atoms with E-state index in [0.29, 0.717) is 44.6 Å². The molecule has 38 heavy (non-hydrogen) atoms. The van der Waals surface area contributed by atoms with E-state index in [1.165, 1.54) is 16.7 Å². The zero-order valence-corrected chi connectivity index (χ0v) is 24.1. The van der Waals surface area contributed by atoms with Crippen LogP contribution in [0.2, 0.25) is 5.02 Å². The molecule has 0 aromatic heterocycles. The Balaban J connectivity index is 1.47. The maximum absolute atomic E-state index is 12.9. The van der Waals surface area contributed by atoms with Crippen molar-refractivity contribution in [2.75, 3.05) is 25.6 Å². The SMILES string of the molecule is CCOc1cc(/C=C2/SC(=Nc3ccc(Br)c(Cl)c3)N(C)C2=O)ccc1OCC(=O)Nc1ccc(C)cc1. The molecule has 0 unspecified atom stereocenters. The van der Waals surface area contributed by atoms with Crippen LogP contribution in [0.1, 0.15) is 18.1 Å². The molecule has 0 bridgehead atoms. The molecule has 3 aromatic rings. The number of hydrogen-bond donors (Lipinski definition) is 1. The summed E-state index contributed by atoms with van der Waals surface area (Å²) in [6.07, 6.45) is 1.77. The van der Waals surface area contributed by atoms with Crippen molar-refractivity contribution >= 4 is 73.7 Å². The zero-order valence-electron chi connectivity index (χ0n) is 21.0. The Morgan fingerprint density at radius 1 is 1.11 bits per heavy atom. The summed E-state index contributed by atoms with van der Waals surface area (Å²) in [6.45, 7) is 4.08. The van der Waals surface area contributed by atoms with Gasteiger partial charge >= 0.3 is 0 Å². The lowest BCUT2D eigenvalue weighted by Gasteiger charge is -2.13. The largest absolute Gasteiger partial charge is 0.490 e. The van der Waals surface area contributed by atoms with Crippen molar-refractivity contribution in [1.82, 2.24) is 4.90 Å². The second kappa shape index (κ2) is 12.5. The Kier molecular flexibility index (Phi) is 9.14.